The third-order valence-corrected chi connectivity index (χ3v) is 5.51. The first kappa shape index (κ1) is 16.5. The summed E-state index contributed by atoms with van der Waals surface area (Å²) in [5, 5.41) is 5.50. The minimum atomic E-state index is -2.44. The molecule has 1 heterocycles. The van der Waals surface area contributed by atoms with E-state index in [1.807, 2.05) is 0 Å². The zero-order valence-electron chi connectivity index (χ0n) is 12.8. The van der Waals surface area contributed by atoms with E-state index in [0.717, 1.165) is 12.8 Å². The number of nitrogens with one attached hydrogen (secondary N) is 2. The minimum absolute atomic E-state index is 0.0900. The highest BCUT2D eigenvalue weighted by Crippen LogP contribution is 2.18. The molecule has 0 radical (unpaired) electrons. The van der Waals surface area contributed by atoms with Crippen LogP contribution in [0, 0.1) is 0 Å². The number of carbonyl (C=O) groups excluding carboxylic acids is 2. The van der Waals surface area contributed by atoms with Crippen LogP contribution in [0.4, 0.5) is 5.69 Å². The van der Waals surface area contributed by atoms with Gasteiger partial charge in [-0.3, -0.25) is 9.59 Å². The van der Waals surface area contributed by atoms with Crippen LogP contribution in [0.5, 0.6) is 0 Å². The SMILES string of the molecule is CN=[S@](C)(=O)c1cccc(NC(=O)[C@H]2CCCCC(=O)N2)c1. The Hall–Kier alpha value is -1.89. The van der Waals surface area contributed by atoms with Crippen LogP contribution >= 0.6 is 0 Å². The second-order valence-electron chi connectivity index (χ2n) is 5.37. The second kappa shape index (κ2) is 6.91. The van der Waals surface area contributed by atoms with Crippen LogP contribution in [0.25, 0.3) is 0 Å². The van der Waals surface area contributed by atoms with E-state index >= 15 is 0 Å². The highest BCUT2D eigenvalue weighted by Gasteiger charge is 2.23. The number of carbonyl (C=O) groups is 2. The zero-order chi connectivity index (χ0) is 16.2. The average molecular weight is 323 g/mol. The van der Waals surface area contributed by atoms with Gasteiger partial charge >= 0.3 is 0 Å². The van der Waals surface area contributed by atoms with Crippen LogP contribution in [-0.4, -0.2) is 35.4 Å². The van der Waals surface area contributed by atoms with Crippen molar-refractivity contribution in [3.05, 3.63) is 24.3 Å². The van der Waals surface area contributed by atoms with E-state index in [1.54, 1.807) is 30.5 Å². The smallest absolute Gasteiger partial charge is 0.246 e. The number of nitrogens with zero attached hydrogens (tertiary/aromatic N) is 1. The van der Waals surface area contributed by atoms with Crippen LogP contribution in [0.3, 0.4) is 0 Å². The molecule has 1 saturated heterocycles. The average Bonchev–Trinajstić information content (AvgIpc) is 2.72. The largest absolute Gasteiger partial charge is 0.344 e. The quantitative estimate of drug-likeness (QED) is 0.888. The summed E-state index contributed by atoms with van der Waals surface area (Å²) in [5.74, 6) is -0.337. The highest BCUT2D eigenvalue weighted by molar-refractivity contribution is 7.93. The normalized spacial score (nSPS) is 21.2. The van der Waals surface area contributed by atoms with E-state index < -0.39 is 15.8 Å². The maximum absolute atomic E-state index is 12.3. The van der Waals surface area contributed by atoms with Gasteiger partial charge in [0, 0.05) is 30.3 Å². The number of rotatable bonds is 3. The second-order valence-corrected chi connectivity index (χ2v) is 7.81. The van der Waals surface area contributed by atoms with Crippen LogP contribution in [0.2, 0.25) is 0 Å². The molecule has 2 N–H and O–H groups in total. The summed E-state index contributed by atoms with van der Waals surface area (Å²) < 4.78 is 16.1. The first-order chi connectivity index (χ1) is 10.4. The molecular formula is C15H21N3O3S. The van der Waals surface area contributed by atoms with Crippen molar-refractivity contribution < 1.29 is 13.8 Å². The van der Waals surface area contributed by atoms with Gasteiger partial charge in [0.1, 0.15) is 6.04 Å². The first-order valence-electron chi connectivity index (χ1n) is 7.23. The number of anilines is 1. The Bertz CT molecular complexity index is 693. The molecule has 0 spiro atoms. The van der Waals surface area contributed by atoms with Gasteiger partial charge in [-0.1, -0.05) is 12.5 Å². The molecule has 1 aromatic carbocycles. The summed E-state index contributed by atoms with van der Waals surface area (Å²) in [6.07, 6.45) is 4.30. The van der Waals surface area contributed by atoms with Crippen LogP contribution < -0.4 is 10.6 Å². The third-order valence-electron chi connectivity index (χ3n) is 3.69. The molecule has 0 aliphatic carbocycles. The number of benzene rings is 1. The monoisotopic (exact) mass is 323 g/mol. The van der Waals surface area contributed by atoms with Gasteiger partial charge in [-0.05, 0) is 31.0 Å². The Kier molecular flexibility index (Phi) is 5.18. The molecule has 0 unspecified atom stereocenters. The third kappa shape index (κ3) is 4.07. The molecule has 2 amide bonds. The fourth-order valence-electron chi connectivity index (χ4n) is 2.31. The predicted octanol–water partition coefficient (Wildman–Crippen LogP) is 1.77. The fraction of sp³-hybridized carbons (Fsp3) is 0.467. The van der Waals surface area contributed by atoms with Crippen molar-refractivity contribution in [1.29, 1.82) is 0 Å². The van der Waals surface area contributed by atoms with Crippen LogP contribution in [-0.2, 0) is 19.3 Å². The lowest BCUT2D eigenvalue weighted by molar-refractivity contribution is -0.125. The number of amides is 2. The van der Waals surface area contributed by atoms with Gasteiger partial charge < -0.3 is 10.6 Å². The maximum atomic E-state index is 12.3. The predicted molar refractivity (Wildman–Crippen MR) is 86.2 cm³/mol. The standard InChI is InChI=1S/C15H21N3O3S/c1-16-22(2,21)12-7-5-6-11(10-12)17-15(20)13-8-3-4-9-14(19)18-13/h5-7,10,13H,3-4,8-9H2,1-2H3,(H,17,20)(H,18,19)/t13-,22-/m1/s1. The molecule has 2 rings (SSSR count). The summed E-state index contributed by atoms with van der Waals surface area (Å²) in [6, 6.07) is 6.32. The Morgan fingerprint density at radius 3 is 2.91 bits per heavy atom. The molecule has 0 saturated carbocycles. The molecule has 6 nitrogen and oxygen atoms in total. The van der Waals surface area contributed by atoms with Gasteiger partial charge in [-0.2, -0.15) is 0 Å². The first-order valence-corrected chi connectivity index (χ1v) is 9.15. The lowest BCUT2D eigenvalue weighted by Crippen LogP contribution is -2.42. The molecule has 0 aromatic heterocycles. The van der Waals surface area contributed by atoms with Crippen molar-refractivity contribution in [2.24, 2.45) is 4.36 Å². The van der Waals surface area contributed by atoms with Crippen LogP contribution in [0.15, 0.2) is 33.5 Å². The summed E-state index contributed by atoms with van der Waals surface area (Å²) in [5.41, 5.74) is 0.555. The molecule has 7 heteroatoms. The van der Waals surface area contributed by atoms with Gasteiger partial charge in [-0.15, -0.1) is 0 Å². The molecule has 1 aromatic rings. The van der Waals surface area contributed by atoms with Gasteiger partial charge in [0.25, 0.3) is 0 Å². The van der Waals surface area contributed by atoms with Crippen molar-refractivity contribution in [3.8, 4) is 0 Å². The van der Waals surface area contributed by atoms with E-state index in [2.05, 4.69) is 15.0 Å². The molecule has 0 bridgehead atoms. The van der Waals surface area contributed by atoms with Gasteiger partial charge in [0.05, 0.1) is 9.73 Å². The molecule has 1 aliphatic heterocycles. The maximum Gasteiger partial charge on any atom is 0.246 e. The number of hydrogen-bond donors (Lipinski definition) is 2. The van der Waals surface area contributed by atoms with Gasteiger partial charge in [0.2, 0.25) is 11.8 Å². The van der Waals surface area contributed by atoms with Crippen molar-refractivity contribution in [3.63, 3.8) is 0 Å². The van der Waals surface area contributed by atoms with Crippen molar-refractivity contribution in [2.45, 2.75) is 36.6 Å². The Labute approximate surface area is 130 Å². The zero-order valence-corrected chi connectivity index (χ0v) is 13.6. The van der Waals surface area contributed by atoms with Crippen molar-refractivity contribution >= 4 is 27.2 Å². The Balaban J connectivity index is 2.13. The van der Waals surface area contributed by atoms with Crippen molar-refractivity contribution in [1.82, 2.24) is 5.32 Å². The molecule has 120 valence electrons. The molecule has 2 atom stereocenters. The van der Waals surface area contributed by atoms with Crippen molar-refractivity contribution in [2.75, 3.05) is 18.6 Å². The van der Waals surface area contributed by atoms with Gasteiger partial charge in [0.15, 0.2) is 0 Å². The molecule has 1 fully saturated rings. The van der Waals surface area contributed by atoms with E-state index in [9.17, 15) is 13.8 Å². The van der Waals surface area contributed by atoms with E-state index in [0.29, 0.717) is 23.4 Å². The Morgan fingerprint density at radius 1 is 1.41 bits per heavy atom. The Morgan fingerprint density at radius 2 is 2.18 bits per heavy atom. The minimum Gasteiger partial charge on any atom is -0.344 e. The topological polar surface area (TPSA) is 87.6 Å². The lowest BCUT2D eigenvalue weighted by atomic mass is 10.1. The van der Waals surface area contributed by atoms with E-state index in [1.165, 1.54) is 7.05 Å². The summed E-state index contributed by atoms with van der Waals surface area (Å²) in [7, 11) is -0.933. The highest BCUT2D eigenvalue weighted by atomic mass is 32.2. The fourth-order valence-corrected chi connectivity index (χ4v) is 3.20. The lowest BCUT2D eigenvalue weighted by Gasteiger charge is -2.16. The summed E-state index contributed by atoms with van der Waals surface area (Å²) in [6.45, 7) is 0. The van der Waals surface area contributed by atoms with E-state index in [4.69, 9.17) is 0 Å². The molecule has 1 aliphatic rings. The van der Waals surface area contributed by atoms with Gasteiger partial charge in [-0.25, -0.2) is 8.57 Å². The number of hydrogen-bond acceptors (Lipinski definition) is 4. The summed E-state index contributed by atoms with van der Waals surface area (Å²) in [4.78, 5) is 24.4. The summed E-state index contributed by atoms with van der Waals surface area (Å²) >= 11 is 0. The molecular weight excluding hydrogens is 302 g/mol. The van der Waals surface area contributed by atoms with E-state index in [-0.39, 0.29) is 11.8 Å². The van der Waals surface area contributed by atoms with Crippen LogP contribution in [0.1, 0.15) is 25.7 Å². The molecule has 22 heavy (non-hydrogen) atoms.